The number of carboxylic acids is 1. The number of nitrogens with zero attached hydrogens (tertiary/aromatic N) is 1. The molecule has 21 heavy (non-hydrogen) atoms. The summed E-state index contributed by atoms with van der Waals surface area (Å²) in [5.41, 5.74) is -1.65. The topological polar surface area (TPSA) is 59.3 Å². The maximum atomic E-state index is 14.1. The summed E-state index contributed by atoms with van der Waals surface area (Å²) in [5.74, 6) is -3.05. The second-order valence-corrected chi connectivity index (χ2v) is 5.28. The fourth-order valence-electron chi connectivity index (χ4n) is 3.03. The lowest BCUT2D eigenvalue weighted by molar-refractivity contribution is 0.0694. The number of hydrogen-bond acceptors (Lipinski definition) is 2. The first kappa shape index (κ1) is 13.7. The van der Waals surface area contributed by atoms with Crippen LogP contribution >= 0.6 is 0 Å². The third-order valence-corrected chi connectivity index (χ3v) is 4.02. The summed E-state index contributed by atoms with van der Waals surface area (Å²) in [6.45, 7) is 0. The van der Waals surface area contributed by atoms with Crippen LogP contribution in [0.4, 0.5) is 8.78 Å². The summed E-state index contributed by atoms with van der Waals surface area (Å²) in [6.07, 6.45) is 4.54. The highest BCUT2D eigenvalue weighted by Gasteiger charge is 2.25. The number of aromatic carboxylic acids is 1. The van der Waals surface area contributed by atoms with Crippen LogP contribution in [0.15, 0.2) is 23.1 Å². The summed E-state index contributed by atoms with van der Waals surface area (Å²) in [6, 6.07) is 1.70. The van der Waals surface area contributed by atoms with Crippen molar-refractivity contribution >= 4 is 16.9 Å². The van der Waals surface area contributed by atoms with Crippen LogP contribution in [0.2, 0.25) is 0 Å². The quantitative estimate of drug-likeness (QED) is 0.925. The number of halogens is 2. The number of pyridine rings is 1. The molecule has 0 aliphatic heterocycles. The van der Waals surface area contributed by atoms with Gasteiger partial charge in [-0.25, -0.2) is 13.6 Å². The molecule has 1 aliphatic rings. The molecular weight excluding hydrogens is 280 g/mol. The van der Waals surface area contributed by atoms with Crippen molar-refractivity contribution in [2.45, 2.75) is 31.7 Å². The van der Waals surface area contributed by atoms with E-state index in [-0.39, 0.29) is 11.6 Å². The van der Waals surface area contributed by atoms with E-state index in [2.05, 4.69) is 0 Å². The highest BCUT2D eigenvalue weighted by Crippen LogP contribution is 2.33. The summed E-state index contributed by atoms with van der Waals surface area (Å²) in [7, 11) is 0. The average Bonchev–Trinajstić information content (AvgIpc) is 2.96. The molecule has 3 rings (SSSR count). The fourth-order valence-corrected chi connectivity index (χ4v) is 3.03. The Kier molecular flexibility index (Phi) is 3.23. The average molecular weight is 293 g/mol. The lowest BCUT2D eigenvalue weighted by Gasteiger charge is -2.19. The number of carbonyl (C=O) groups is 1. The van der Waals surface area contributed by atoms with E-state index in [0.29, 0.717) is 0 Å². The maximum absolute atomic E-state index is 14.1. The zero-order valence-corrected chi connectivity index (χ0v) is 11.1. The number of carboxylic acid groups (broad SMARTS) is 1. The molecular formula is C15H13F2NO3. The van der Waals surface area contributed by atoms with E-state index < -0.39 is 34.0 Å². The van der Waals surface area contributed by atoms with Crippen molar-refractivity contribution < 1.29 is 18.7 Å². The van der Waals surface area contributed by atoms with Crippen LogP contribution in [0.25, 0.3) is 10.9 Å². The van der Waals surface area contributed by atoms with E-state index in [1.807, 2.05) is 0 Å². The van der Waals surface area contributed by atoms with E-state index in [4.69, 9.17) is 5.11 Å². The van der Waals surface area contributed by atoms with Crippen LogP contribution in [0.5, 0.6) is 0 Å². The molecule has 0 radical (unpaired) electrons. The van der Waals surface area contributed by atoms with E-state index in [9.17, 15) is 18.4 Å². The van der Waals surface area contributed by atoms with Crippen LogP contribution < -0.4 is 5.43 Å². The molecule has 1 aromatic carbocycles. The molecule has 1 aromatic heterocycles. The molecule has 1 N–H and O–H groups in total. The lowest BCUT2D eigenvalue weighted by atomic mass is 10.1. The summed E-state index contributed by atoms with van der Waals surface area (Å²) in [5, 5.41) is 8.64. The van der Waals surface area contributed by atoms with Crippen molar-refractivity contribution in [1.82, 2.24) is 4.57 Å². The summed E-state index contributed by atoms with van der Waals surface area (Å²) in [4.78, 5) is 23.3. The largest absolute Gasteiger partial charge is 0.477 e. The Labute approximate surface area is 118 Å². The van der Waals surface area contributed by atoms with Gasteiger partial charge in [0, 0.05) is 12.2 Å². The second-order valence-electron chi connectivity index (χ2n) is 5.28. The van der Waals surface area contributed by atoms with Gasteiger partial charge in [0.1, 0.15) is 17.2 Å². The zero-order chi connectivity index (χ0) is 15.1. The van der Waals surface area contributed by atoms with Crippen LogP contribution in [-0.2, 0) is 0 Å². The number of rotatable bonds is 2. The smallest absolute Gasteiger partial charge is 0.341 e. The monoisotopic (exact) mass is 293 g/mol. The minimum Gasteiger partial charge on any atom is -0.477 e. The van der Waals surface area contributed by atoms with E-state index in [1.165, 1.54) is 4.57 Å². The first-order valence-corrected chi connectivity index (χ1v) is 6.77. The van der Waals surface area contributed by atoms with Gasteiger partial charge in [-0.1, -0.05) is 12.8 Å². The minimum atomic E-state index is -1.43. The standard InChI is InChI=1S/C15H13F2NO3/c16-10-5-6-11(17)13-12(10)14(19)9(15(20)21)7-18(13)8-3-1-2-4-8/h5-8H,1-4H2,(H,20,21). The van der Waals surface area contributed by atoms with Gasteiger partial charge < -0.3 is 9.67 Å². The molecule has 2 aromatic rings. The van der Waals surface area contributed by atoms with Gasteiger partial charge in [0.25, 0.3) is 0 Å². The van der Waals surface area contributed by atoms with E-state index in [1.54, 1.807) is 0 Å². The van der Waals surface area contributed by atoms with Gasteiger partial charge >= 0.3 is 5.97 Å². The lowest BCUT2D eigenvalue weighted by Crippen LogP contribution is -2.22. The number of aromatic nitrogens is 1. The Morgan fingerprint density at radius 3 is 2.43 bits per heavy atom. The molecule has 1 saturated carbocycles. The fraction of sp³-hybridized carbons (Fsp3) is 0.333. The Morgan fingerprint density at radius 1 is 1.19 bits per heavy atom. The molecule has 0 amide bonds. The number of hydrogen-bond donors (Lipinski definition) is 1. The molecule has 4 nitrogen and oxygen atoms in total. The molecule has 0 saturated heterocycles. The predicted molar refractivity (Wildman–Crippen MR) is 72.6 cm³/mol. The summed E-state index contributed by atoms with van der Waals surface area (Å²) >= 11 is 0. The molecule has 0 spiro atoms. The van der Waals surface area contributed by atoms with Crippen molar-refractivity contribution in [3.05, 3.63) is 45.8 Å². The second kappa shape index (κ2) is 4.95. The van der Waals surface area contributed by atoms with Crippen molar-refractivity contribution in [1.29, 1.82) is 0 Å². The molecule has 0 atom stereocenters. The highest BCUT2D eigenvalue weighted by molar-refractivity contribution is 5.93. The SMILES string of the molecule is O=C(O)c1cn(C2CCCC2)c2c(F)ccc(F)c2c1=O. The maximum Gasteiger partial charge on any atom is 0.341 e. The molecule has 110 valence electrons. The van der Waals surface area contributed by atoms with Crippen molar-refractivity contribution in [3.8, 4) is 0 Å². The van der Waals surface area contributed by atoms with Gasteiger partial charge in [-0.05, 0) is 25.0 Å². The van der Waals surface area contributed by atoms with Gasteiger partial charge in [0.05, 0.1) is 10.9 Å². The van der Waals surface area contributed by atoms with E-state index >= 15 is 0 Å². The van der Waals surface area contributed by atoms with Crippen LogP contribution in [0.1, 0.15) is 42.1 Å². The first-order chi connectivity index (χ1) is 10.0. The number of benzene rings is 1. The Bertz CT molecular complexity index is 792. The van der Waals surface area contributed by atoms with Crippen LogP contribution in [0.3, 0.4) is 0 Å². The van der Waals surface area contributed by atoms with Gasteiger partial charge in [-0.2, -0.15) is 0 Å². The first-order valence-electron chi connectivity index (χ1n) is 6.77. The molecule has 1 aliphatic carbocycles. The third kappa shape index (κ3) is 2.11. The molecule has 1 heterocycles. The Balaban J connectivity index is 2.45. The number of fused-ring (bicyclic) bond motifs is 1. The van der Waals surface area contributed by atoms with Crippen LogP contribution in [0, 0.1) is 11.6 Å². The minimum absolute atomic E-state index is 0.109. The van der Waals surface area contributed by atoms with Crippen LogP contribution in [-0.4, -0.2) is 15.6 Å². The Hall–Kier alpha value is -2.24. The molecule has 0 bridgehead atoms. The summed E-state index contributed by atoms with van der Waals surface area (Å²) < 4.78 is 29.5. The molecule has 6 heteroatoms. The third-order valence-electron chi connectivity index (χ3n) is 4.02. The van der Waals surface area contributed by atoms with Gasteiger partial charge in [-0.3, -0.25) is 4.79 Å². The zero-order valence-electron chi connectivity index (χ0n) is 11.1. The van der Waals surface area contributed by atoms with Gasteiger partial charge in [0.2, 0.25) is 5.43 Å². The Morgan fingerprint density at radius 2 is 1.81 bits per heavy atom. The van der Waals surface area contributed by atoms with E-state index in [0.717, 1.165) is 44.0 Å². The molecule has 0 unspecified atom stereocenters. The van der Waals surface area contributed by atoms with Gasteiger partial charge in [-0.15, -0.1) is 0 Å². The normalized spacial score (nSPS) is 15.7. The highest BCUT2D eigenvalue weighted by atomic mass is 19.1. The van der Waals surface area contributed by atoms with Gasteiger partial charge in [0.15, 0.2) is 0 Å². The van der Waals surface area contributed by atoms with Crippen molar-refractivity contribution in [2.75, 3.05) is 0 Å². The molecule has 1 fully saturated rings. The predicted octanol–water partition coefficient (Wildman–Crippen LogP) is 3.09. The van der Waals surface area contributed by atoms with Crippen molar-refractivity contribution in [2.24, 2.45) is 0 Å². The van der Waals surface area contributed by atoms with Crippen molar-refractivity contribution in [3.63, 3.8) is 0 Å².